The average molecular weight is 270 g/mol. The first-order chi connectivity index (χ1) is 9.81. The SMILES string of the molecule is CC1COCCN1C(CN)c1cccc2ccccc12. The van der Waals surface area contributed by atoms with E-state index < -0.39 is 0 Å². The molecule has 3 heteroatoms. The van der Waals surface area contributed by atoms with Gasteiger partial charge in [-0.1, -0.05) is 42.5 Å². The molecule has 2 aromatic carbocycles. The highest BCUT2D eigenvalue weighted by Crippen LogP contribution is 2.29. The van der Waals surface area contributed by atoms with Gasteiger partial charge in [-0.3, -0.25) is 4.90 Å². The molecule has 0 aromatic heterocycles. The highest BCUT2D eigenvalue weighted by Gasteiger charge is 2.27. The monoisotopic (exact) mass is 270 g/mol. The van der Waals surface area contributed by atoms with Crippen LogP contribution in [-0.4, -0.2) is 37.2 Å². The third kappa shape index (κ3) is 2.44. The van der Waals surface area contributed by atoms with Crippen molar-refractivity contribution in [3.05, 3.63) is 48.0 Å². The summed E-state index contributed by atoms with van der Waals surface area (Å²) in [5.41, 5.74) is 7.44. The van der Waals surface area contributed by atoms with E-state index in [0.717, 1.165) is 19.8 Å². The Morgan fingerprint density at radius 1 is 1.25 bits per heavy atom. The second-order valence-electron chi connectivity index (χ2n) is 5.48. The fraction of sp³-hybridized carbons (Fsp3) is 0.412. The van der Waals surface area contributed by atoms with Gasteiger partial charge in [0.15, 0.2) is 0 Å². The number of nitrogens with zero attached hydrogens (tertiary/aromatic N) is 1. The molecule has 0 amide bonds. The quantitative estimate of drug-likeness (QED) is 0.931. The molecule has 106 valence electrons. The van der Waals surface area contributed by atoms with Crippen molar-refractivity contribution < 1.29 is 4.74 Å². The molecule has 0 bridgehead atoms. The number of hydrogen-bond donors (Lipinski definition) is 1. The average Bonchev–Trinajstić information content (AvgIpc) is 2.50. The maximum absolute atomic E-state index is 6.11. The summed E-state index contributed by atoms with van der Waals surface area (Å²) in [7, 11) is 0. The first-order valence-corrected chi connectivity index (χ1v) is 7.32. The molecule has 3 rings (SSSR count). The van der Waals surface area contributed by atoms with E-state index in [1.54, 1.807) is 0 Å². The Bertz CT molecular complexity index is 579. The normalized spacial score (nSPS) is 22.0. The Morgan fingerprint density at radius 3 is 2.85 bits per heavy atom. The number of hydrogen-bond acceptors (Lipinski definition) is 3. The molecule has 0 aliphatic carbocycles. The summed E-state index contributed by atoms with van der Waals surface area (Å²) in [5, 5.41) is 2.59. The standard InChI is InChI=1S/C17H22N2O/c1-13-12-20-10-9-19(13)17(11-18)16-8-4-6-14-5-2-3-7-15(14)16/h2-8,13,17H,9-12,18H2,1H3. The minimum atomic E-state index is 0.264. The Labute approximate surface area is 120 Å². The summed E-state index contributed by atoms with van der Waals surface area (Å²) in [6.45, 7) is 5.39. The number of ether oxygens (including phenoxy) is 1. The van der Waals surface area contributed by atoms with Crippen molar-refractivity contribution in [3.63, 3.8) is 0 Å². The third-order valence-electron chi connectivity index (χ3n) is 4.22. The van der Waals surface area contributed by atoms with Crippen LogP contribution in [0.1, 0.15) is 18.5 Å². The summed E-state index contributed by atoms with van der Waals surface area (Å²) < 4.78 is 5.55. The van der Waals surface area contributed by atoms with Crippen molar-refractivity contribution in [2.75, 3.05) is 26.3 Å². The van der Waals surface area contributed by atoms with Gasteiger partial charge in [0.25, 0.3) is 0 Å². The number of fused-ring (bicyclic) bond motifs is 1. The minimum Gasteiger partial charge on any atom is -0.379 e. The lowest BCUT2D eigenvalue weighted by molar-refractivity contribution is -0.0206. The van der Waals surface area contributed by atoms with Gasteiger partial charge in [-0.05, 0) is 23.3 Å². The number of nitrogens with two attached hydrogens (primary N) is 1. The highest BCUT2D eigenvalue weighted by atomic mass is 16.5. The maximum Gasteiger partial charge on any atom is 0.0620 e. The zero-order chi connectivity index (χ0) is 13.9. The number of benzene rings is 2. The van der Waals surface area contributed by atoms with Crippen LogP contribution in [0.4, 0.5) is 0 Å². The summed E-state index contributed by atoms with van der Waals surface area (Å²) in [4.78, 5) is 2.48. The van der Waals surface area contributed by atoms with E-state index in [1.165, 1.54) is 16.3 Å². The summed E-state index contributed by atoms with van der Waals surface area (Å²) in [6, 6.07) is 15.7. The van der Waals surface area contributed by atoms with Crippen molar-refractivity contribution in [1.82, 2.24) is 4.90 Å². The molecule has 1 aliphatic heterocycles. The number of morpholine rings is 1. The van der Waals surface area contributed by atoms with E-state index in [0.29, 0.717) is 12.6 Å². The van der Waals surface area contributed by atoms with Crippen molar-refractivity contribution in [2.24, 2.45) is 5.73 Å². The van der Waals surface area contributed by atoms with Gasteiger partial charge in [-0.25, -0.2) is 0 Å². The van der Waals surface area contributed by atoms with Crippen molar-refractivity contribution >= 4 is 10.8 Å². The molecule has 2 unspecified atom stereocenters. The van der Waals surface area contributed by atoms with Gasteiger partial charge in [0.1, 0.15) is 0 Å². The molecular formula is C17H22N2O. The number of rotatable bonds is 3. The van der Waals surface area contributed by atoms with Crippen molar-refractivity contribution in [3.8, 4) is 0 Å². The zero-order valence-corrected chi connectivity index (χ0v) is 12.0. The van der Waals surface area contributed by atoms with Crippen molar-refractivity contribution in [2.45, 2.75) is 19.0 Å². The van der Waals surface area contributed by atoms with Crippen LogP contribution in [0.15, 0.2) is 42.5 Å². The van der Waals surface area contributed by atoms with Gasteiger partial charge in [0.2, 0.25) is 0 Å². The summed E-state index contributed by atoms with van der Waals surface area (Å²) in [5.74, 6) is 0. The van der Waals surface area contributed by atoms with E-state index in [9.17, 15) is 0 Å². The predicted molar refractivity (Wildman–Crippen MR) is 82.7 cm³/mol. The van der Waals surface area contributed by atoms with Gasteiger partial charge < -0.3 is 10.5 Å². The summed E-state index contributed by atoms with van der Waals surface area (Å²) >= 11 is 0. The Hall–Kier alpha value is -1.42. The first-order valence-electron chi connectivity index (χ1n) is 7.32. The van der Waals surface area contributed by atoms with E-state index >= 15 is 0 Å². The van der Waals surface area contributed by atoms with E-state index in [4.69, 9.17) is 10.5 Å². The van der Waals surface area contributed by atoms with Gasteiger partial charge >= 0.3 is 0 Å². The molecule has 1 heterocycles. The van der Waals surface area contributed by atoms with Gasteiger partial charge in [0.05, 0.1) is 13.2 Å². The van der Waals surface area contributed by atoms with Crippen LogP contribution in [0.25, 0.3) is 10.8 Å². The second kappa shape index (κ2) is 5.92. The Balaban J connectivity index is 2.02. The van der Waals surface area contributed by atoms with Crippen LogP contribution >= 0.6 is 0 Å². The molecule has 0 radical (unpaired) electrons. The topological polar surface area (TPSA) is 38.5 Å². The van der Waals surface area contributed by atoms with Crippen LogP contribution in [0.5, 0.6) is 0 Å². The van der Waals surface area contributed by atoms with E-state index in [1.807, 2.05) is 0 Å². The molecule has 2 aromatic rings. The molecule has 2 N–H and O–H groups in total. The maximum atomic E-state index is 6.11. The Morgan fingerprint density at radius 2 is 2.05 bits per heavy atom. The molecule has 0 saturated carbocycles. The highest BCUT2D eigenvalue weighted by molar-refractivity contribution is 5.86. The lowest BCUT2D eigenvalue weighted by atomic mass is 9.96. The molecule has 1 saturated heterocycles. The van der Waals surface area contributed by atoms with Gasteiger partial charge in [-0.2, -0.15) is 0 Å². The van der Waals surface area contributed by atoms with Crippen LogP contribution in [0.3, 0.4) is 0 Å². The largest absolute Gasteiger partial charge is 0.379 e. The van der Waals surface area contributed by atoms with Crippen LogP contribution in [0.2, 0.25) is 0 Å². The lowest BCUT2D eigenvalue weighted by Crippen LogP contribution is -2.47. The molecule has 2 atom stereocenters. The van der Waals surface area contributed by atoms with E-state index in [-0.39, 0.29) is 6.04 Å². The van der Waals surface area contributed by atoms with Gasteiger partial charge in [-0.15, -0.1) is 0 Å². The molecule has 1 fully saturated rings. The third-order valence-corrected chi connectivity index (χ3v) is 4.22. The summed E-state index contributed by atoms with van der Waals surface area (Å²) in [6.07, 6.45) is 0. The molecule has 1 aliphatic rings. The molecular weight excluding hydrogens is 248 g/mol. The van der Waals surface area contributed by atoms with Crippen LogP contribution < -0.4 is 5.73 Å². The Kier molecular flexibility index (Phi) is 4.01. The van der Waals surface area contributed by atoms with Gasteiger partial charge in [0, 0.05) is 25.2 Å². The van der Waals surface area contributed by atoms with Crippen molar-refractivity contribution in [1.29, 1.82) is 0 Å². The first kappa shape index (κ1) is 13.6. The fourth-order valence-corrected chi connectivity index (χ4v) is 3.19. The smallest absolute Gasteiger partial charge is 0.0620 e. The van der Waals surface area contributed by atoms with E-state index in [2.05, 4.69) is 54.3 Å². The predicted octanol–water partition coefficient (Wildman–Crippen LogP) is 2.56. The molecule has 0 spiro atoms. The lowest BCUT2D eigenvalue weighted by Gasteiger charge is -2.39. The minimum absolute atomic E-state index is 0.264. The second-order valence-corrected chi connectivity index (χ2v) is 5.48. The van der Waals surface area contributed by atoms with Crippen LogP contribution in [-0.2, 0) is 4.74 Å². The molecule has 3 nitrogen and oxygen atoms in total. The zero-order valence-electron chi connectivity index (χ0n) is 12.0. The van der Waals surface area contributed by atoms with Crippen LogP contribution in [0, 0.1) is 0 Å². The molecule has 20 heavy (non-hydrogen) atoms. The fourth-order valence-electron chi connectivity index (χ4n) is 3.19.